The van der Waals surface area contributed by atoms with Gasteiger partial charge in [-0.15, -0.1) is 0 Å². The summed E-state index contributed by atoms with van der Waals surface area (Å²) in [4.78, 5) is 4.37. The second-order valence-electron chi connectivity index (χ2n) is 5.37. The summed E-state index contributed by atoms with van der Waals surface area (Å²) in [6.45, 7) is 0. The fourth-order valence-electron chi connectivity index (χ4n) is 2.29. The Labute approximate surface area is 146 Å². The molecule has 124 valence electrons. The Morgan fingerprint density at radius 3 is 2.12 bits per heavy atom. The molecule has 0 saturated heterocycles. The van der Waals surface area contributed by atoms with Gasteiger partial charge in [-0.25, -0.2) is 0 Å². The van der Waals surface area contributed by atoms with Gasteiger partial charge in [0.1, 0.15) is 17.2 Å². The average molecular weight is 330 g/mol. The Morgan fingerprint density at radius 1 is 0.760 bits per heavy atom. The topological polar surface area (TPSA) is 64.9 Å². The third kappa shape index (κ3) is 4.26. The molecule has 3 rings (SSSR count). The second kappa shape index (κ2) is 7.84. The van der Waals surface area contributed by atoms with Crippen LogP contribution < -0.4 is 5.32 Å². The summed E-state index contributed by atoms with van der Waals surface area (Å²) in [5, 5.41) is 22.8. The van der Waals surface area contributed by atoms with Crippen LogP contribution in [0.4, 0.5) is 11.4 Å². The molecule has 0 saturated carbocycles. The number of nitrogens with zero attached hydrogens (tertiary/aromatic N) is 1. The van der Waals surface area contributed by atoms with Gasteiger partial charge in [-0.2, -0.15) is 0 Å². The van der Waals surface area contributed by atoms with Gasteiger partial charge in [0.25, 0.3) is 0 Å². The molecule has 3 aromatic rings. The molecule has 0 aromatic heterocycles. The minimum absolute atomic E-state index is 0.125. The third-order valence-corrected chi connectivity index (χ3v) is 3.62. The fourth-order valence-corrected chi connectivity index (χ4v) is 2.29. The average Bonchev–Trinajstić information content (AvgIpc) is 2.65. The van der Waals surface area contributed by atoms with E-state index in [-0.39, 0.29) is 11.5 Å². The van der Waals surface area contributed by atoms with Crippen molar-refractivity contribution in [2.24, 2.45) is 4.99 Å². The van der Waals surface area contributed by atoms with E-state index >= 15 is 0 Å². The van der Waals surface area contributed by atoms with Gasteiger partial charge in [-0.3, -0.25) is 4.99 Å². The van der Waals surface area contributed by atoms with Crippen molar-refractivity contribution in [2.75, 3.05) is 5.32 Å². The summed E-state index contributed by atoms with van der Waals surface area (Å²) in [7, 11) is 0. The molecule has 0 radical (unpaired) electrons. The van der Waals surface area contributed by atoms with Crippen LogP contribution in [0.1, 0.15) is 5.56 Å². The van der Waals surface area contributed by atoms with Crippen molar-refractivity contribution >= 4 is 23.2 Å². The summed E-state index contributed by atoms with van der Waals surface area (Å²) < 4.78 is 0. The predicted octanol–water partition coefficient (Wildman–Crippen LogP) is 4.95. The molecule has 3 N–H and O–H groups in total. The van der Waals surface area contributed by atoms with E-state index in [2.05, 4.69) is 10.3 Å². The van der Waals surface area contributed by atoms with Crippen LogP contribution in [0, 0.1) is 0 Å². The number of rotatable bonds is 5. The van der Waals surface area contributed by atoms with Gasteiger partial charge in [-0.05, 0) is 29.8 Å². The Balaban J connectivity index is 1.92. The molecule has 0 bridgehead atoms. The van der Waals surface area contributed by atoms with Crippen LogP contribution in [0.25, 0.3) is 5.57 Å². The minimum atomic E-state index is 0.125. The lowest BCUT2D eigenvalue weighted by molar-refractivity contribution is 0.476. The zero-order chi connectivity index (χ0) is 17.5. The molecule has 0 unspecified atom stereocenters. The largest absolute Gasteiger partial charge is 0.506 e. The standard InChI is InChI=1S/C21H18N2O2/c24-20-12-6-4-10-18(20)22-14-17(16-8-2-1-3-9-16)15-23-19-11-5-7-13-21(19)25/h1-15,22,24-25H/b17-14-,23-15?. The first-order valence-electron chi connectivity index (χ1n) is 7.86. The van der Waals surface area contributed by atoms with E-state index < -0.39 is 0 Å². The lowest BCUT2D eigenvalue weighted by Crippen LogP contribution is -1.94. The molecular formula is C21H18N2O2. The first-order chi connectivity index (χ1) is 12.2. The Hall–Kier alpha value is -3.53. The minimum Gasteiger partial charge on any atom is -0.506 e. The van der Waals surface area contributed by atoms with Crippen molar-refractivity contribution in [1.82, 2.24) is 0 Å². The highest BCUT2D eigenvalue weighted by Crippen LogP contribution is 2.26. The molecule has 0 spiro atoms. The van der Waals surface area contributed by atoms with Gasteiger partial charge in [-0.1, -0.05) is 54.6 Å². The van der Waals surface area contributed by atoms with Crippen molar-refractivity contribution in [1.29, 1.82) is 0 Å². The maximum atomic E-state index is 9.88. The van der Waals surface area contributed by atoms with Crippen molar-refractivity contribution in [2.45, 2.75) is 0 Å². The monoisotopic (exact) mass is 330 g/mol. The summed E-state index contributed by atoms with van der Waals surface area (Å²) in [6, 6.07) is 23.7. The number of allylic oxidation sites excluding steroid dienone is 1. The molecule has 4 nitrogen and oxygen atoms in total. The third-order valence-electron chi connectivity index (χ3n) is 3.62. The van der Waals surface area contributed by atoms with Crippen LogP contribution in [-0.4, -0.2) is 16.4 Å². The number of para-hydroxylation sites is 4. The van der Waals surface area contributed by atoms with E-state index in [0.29, 0.717) is 11.4 Å². The normalized spacial score (nSPS) is 11.6. The maximum Gasteiger partial charge on any atom is 0.141 e. The first kappa shape index (κ1) is 16.3. The molecule has 25 heavy (non-hydrogen) atoms. The van der Waals surface area contributed by atoms with Gasteiger partial charge in [0.15, 0.2) is 0 Å². The van der Waals surface area contributed by atoms with Gasteiger partial charge in [0.05, 0.1) is 5.69 Å². The maximum absolute atomic E-state index is 9.88. The van der Waals surface area contributed by atoms with E-state index in [9.17, 15) is 10.2 Å². The van der Waals surface area contributed by atoms with Gasteiger partial charge in [0, 0.05) is 18.0 Å². The van der Waals surface area contributed by atoms with Gasteiger partial charge < -0.3 is 15.5 Å². The highest BCUT2D eigenvalue weighted by atomic mass is 16.3. The quantitative estimate of drug-likeness (QED) is 0.458. The van der Waals surface area contributed by atoms with Crippen molar-refractivity contribution in [3.8, 4) is 11.5 Å². The molecule has 0 atom stereocenters. The van der Waals surface area contributed by atoms with Crippen molar-refractivity contribution in [3.05, 3.63) is 90.6 Å². The van der Waals surface area contributed by atoms with Crippen molar-refractivity contribution < 1.29 is 10.2 Å². The number of aromatic hydroxyl groups is 2. The summed E-state index contributed by atoms with van der Waals surface area (Å²) in [6.07, 6.45) is 3.45. The number of phenols is 2. The highest BCUT2D eigenvalue weighted by molar-refractivity contribution is 6.11. The number of aliphatic imine (C=N–C) groups is 1. The van der Waals surface area contributed by atoms with Crippen molar-refractivity contribution in [3.63, 3.8) is 0 Å². The molecule has 3 aromatic carbocycles. The summed E-state index contributed by atoms with van der Waals surface area (Å²) >= 11 is 0. The molecular weight excluding hydrogens is 312 g/mol. The summed E-state index contributed by atoms with van der Waals surface area (Å²) in [5.74, 6) is 0.295. The fraction of sp³-hybridized carbons (Fsp3) is 0. The van der Waals surface area contributed by atoms with Crippen LogP contribution in [0.15, 0.2) is 90.1 Å². The zero-order valence-electron chi connectivity index (χ0n) is 13.5. The number of nitrogens with one attached hydrogen (secondary N) is 1. The predicted molar refractivity (Wildman–Crippen MR) is 102 cm³/mol. The highest BCUT2D eigenvalue weighted by Gasteiger charge is 2.02. The van der Waals surface area contributed by atoms with Crippen LogP contribution in [0.5, 0.6) is 11.5 Å². The van der Waals surface area contributed by atoms with E-state index in [1.165, 1.54) is 0 Å². The lowest BCUT2D eigenvalue weighted by atomic mass is 10.1. The molecule has 4 heteroatoms. The van der Waals surface area contributed by atoms with Gasteiger partial charge >= 0.3 is 0 Å². The van der Waals surface area contributed by atoms with E-state index in [1.54, 1.807) is 48.8 Å². The van der Waals surface area contributed by atoms with Crippen LogP contribution in [-0.2, 0) is 0 Å². The number of hydrogen-bond acceptors (Lipinski definition) is 4. The number of hydrogen-bond donors (Lipinski definition) is 3. The van der Waals surface area contributed by atoms with Crippen LogP contribution >= 0.6 is 0 Å². The number of anilines is 1. The smallest absolute Gasteiger partial charge is 0.141 e. The van der Waals surface area contributed by atoms with Crippen LogP contribution in [0.3, 0.4) is 0 Å². The molecule has 0 aliphatic carbocycles. The molecule has 0 fully saturated rings. The molecule has 0 heterocycles. The Bertz CT molecular complexity index is 903. The Morgan fingerprint density at radius 2 is 1.40 bits per heavy atom. The zero-order valence-corrected chi connectivity index (χ0v) is 13.5. The molecule has 0 amide bonds. The van der Waals surface area contributed by atoms with Gasteiger partial charge in [0.2, 0.25) is 0 Å². The van der Waals surface area contributed by atoms with E-state index in [1.807, 2.05) is 42.5 Å². The number of phenolic OH excluding ortho intramolecular Hbond substituents is 2. The van der Waals surface area contributed by atoms with Crippen LogP contribution in [0.2, 0.25) is 0 Å². The number of benzene rings is 3. The SMILES string of the molecule is Oc1ccccc1N=C/C(=C/Nc1ccccc1O)c1ccccc1. The van der Waals surface area contributed by atoms with E-state index in [4.69, 9.17) is 0 Å². The summed E-state index contributed by atoms with van der Waals surface area (Å²) in [5.41, 5.74) is 2.87. The molecule has 0 aliphatic rings. The Kier molecular flexibility index (Phi) is 5.12. The lowest BCUT2D eigenvalue weighted by Gasteiger charge is -2.07. The molecule has 0 aliphatic heterocycles. The van der Waals surface area contributed by atoms with E-state index in [0.717, 1.165) is 11.1 Å². The first-order valence-corrected chi connectivity index (χ1v) is 7.86. The second-order valence-corrected chi connectivity index (χ2v) is 5.37.